The maximum Gasteiger partial charge on any atom is 0.297 e. The van der Waals surface area contributed by atoms with Crippen molar-refractivity contribution in [1.29, 1.82) is 0 Å². The monoisotopic (exact) mass is 289 g/mol. The lowest BCUT2D eigenvalue weighted by atomic mass is 10.1. The molecular formula is C14H12ClN3O2. The highest BCUT2D eigenvalue weighted by Gasteiger charge is 2.20. The molecule has 2 heterocycles. The maximum absolute atomic E-state index is 10.0. The van der Waals surface area contributed by atoms with Crippen molar-refractivity contribution in [3.8, 4) is 6.01 Å². The SMILES string of the molecule is OC[C@@H](c1ccccc1)n1c(O)nc2ncc(Cl)cc21. The van der Waals surface area contributed by atoms with Crippen LogP contribution in [0.15, 0.2) is 42.6 Å². The number of hydrogen-bond acceptors (Lipinski definition) is 4. The van der Waals surface area contributed by atoms with Crippen LogP contribution < -0.4 is 0 Å². The van der Waals surface area contributed by atoms with Crippen molar-refractivity contribution in [1.82, 2.24) is 14.5 Å². The summed E-state index contributed by atoms with van der Waals surface area (Å²) in [5.41, 5.74) is 1.84. The van der Waals surface area contributed by atoms with Crippen LogP contribution in [0.5, 0.6) is 6.01 Å². The van der Waals surface area contributed by atoms with Crippen LogP contribution in [0.3, 0.4) is 0 Å². The van der Waals surface area contributed by atoms with Gasteiger partial charge in [-0.25, -0.2) is 4.98 Å². The van der Waals surface area contributed by atoms with Gasteiger partial charge in [0.05, 0.1) is 23.2 Å². The van der Waals surface area contributed by atoms with Crippen LogP contribution in [-0.2, 0) is 0 Å². The molecule has 20 heavy (non-hydrogen) atoms. The Kier molecular flexibility index (Phi) is 3.30. The van der Waals surface area contributed by atoms with Crippen LogP contribution in [0.2, 0.25) is 5.02 Å². The van der Waals surface area contributed by atoms with E-state index in [-0.39, 0.29) is 12.6 Å². The van der Waals surface area contributed by atoms with Crippen LogP contribution >= 0.6 is 11.6 Å². The van der Waals surface area contributed by atoms with Gasteiger partial charge in [0.2, 0.25) is 0 Å². The zero-order valence-corrected chi connectivity index (χ0v) is 11.2. The Morgan fingerprint density at radius 2 is 2.00 bits per heavy atom. The first kappa shape index (κ1) is 12.9. The number of rotatable bonds is 3. The Morgan fingerprint density at radius 1 is 1.25 bits per heavy atom. The van der Waals surface area contributed by atoms with Gasteiger partial charge in [0.1, 0.15) is 0 Å². The number of fused-ring (bicyclic) bond motifs is 1. The fourth-order valence-corrected chi connectivity index (χ4v) is 2.41. The highest BCUT2D eigenvalue weighted by Crippen LogP contribution is 2.29. The lowest BCUT2D eigenvalue weighted by Gasteiger charge is -2.18. The Bertz CT molecular complexity index is 743. The first-order valence-electron chi connectivity index (χ1n) is 6.09. The van der Waals surface area contributed by atoms with E-state index in [1.807, 2.05) is 30.3 Å². The normalized spacial score (nSPS) is 12.7. The summed E-state index contributed by atoms with van der Waals surface area (Å²) in [6.07, 6.45) is 1.47. The van der Waals surface area contributed by atoms with Crippen LogP contribution in [0, 0.1) is 0 Å². The predicted octanol–water partition coefficient (Wildman–Crippen LogP) is 2.37. The van der Waals surface area contributed by atoms with Crippen LogP contribution in [0.25, 0.3) is 11.2 Å². The molecule has 0 spiro atoms. The average molecular weight is 290 g/mol. The van der Waals surface area contributed by atoms with Crippen LogP contribution in [-0.4, -0.2) is 31.4 Å². The molecule has 2 N–H and O–H groups in total. The molecule has 0 saturated carbocycles. The minimum atomic E-state index is -0.443. The maximum atomic E-state index is 10.0. The Hall–Kier alpha value is -2.11. The summed E-state index contributed by atoms with van der Waals surface area (Å²) in [6.45, 7) is -0.171. The topological polar surface area (TPSA) is 71.2 Å². The van der Waals surface area contributed by atoms with E-state index in [1.165, 1.54) is 10.8 Å². The molecule has 0 bridgehead atoms. The number of nitrogens with zero attached hydrogens (tertiary/aromatic N) is 3. The highest BCUT2D eigenvalue weighted by molar-refractivity contribution is 6.31. The number of aliphatic hydroxyl groups is 1. The summed E-state index contributed by atoms with van der Waals surface area (Å²) in [5.74, 6) is 0. The standard InChI is InChI=1S/C14H12ClN3O2/c15-10-6-11-13(16-7-10)17-14(20)18(11)12(8-19)9-4-2-1-3-5-9/h1-7,12,19H,8H2,(H,16,17,20)/t12-/m0/s1. The minimum Gasteiger partial charge on any atom is -0.480 e. The van der Waals surface area contributed by atoms with Crippen LogP contribution in [0.4, 0.5) is 0 Å². The predicted molar refractivity (Wildman–Crippen MR) is 75.9 cm³/mol. The van der Waals surface area contributed by atoms with Gasteiger partial charge < -0.3 is 10.2 Å². The Balaban J connectivity index is 2.21. The van der Waals surface area contributed by atoms with Gasteiger partial charge in [-0.2, -0.15) is 4.98 Å². The number of benzene rings is 1. The molecule has 0 radical (unpaired) electrons. The van der Waals surface area contributed by atoms with Gasteiger partial charge in [0, 0.05) is 6.20 Å². The van der Waals surface area contributed by atoms with E-state index in [4.69, 9.17) is 11.6 Å². The van der Waals surface area contributed by atoms with Crippen molar-refractivity contribution in [3.63, 3.8) is 0 Å². The molecule has 3 rings (SSSR count). The number of halogens is 1. The van der Waals surface area contributed by atoms with Gasteiger partial charge in [0.15, 0.2) is 5.65 Å². The van der Waals surface area contributed by atoms with Crippen molar-refractivity contribution in [2.75, 3.05) is 6.61 Å². The molecule has 6 heteroatoms. The number of aliphatic hydroxyl groups excluding tert-OH is 1. The van der Waals surface area contributed by atoms with Crippen molar-refractivity contribution < 1.29 is 10.2 Å². The number of aromatic nitrogens is 3. The van der Waals surface area contributed by atoms with E-state index in [9.17, 15) is 10.2 Å². The number of pyridine rings is 1. The second kappa shape index (κ2) is 5.11. The molecule has 1 atom stereocenters. The van der Waals surface area contributed by atoms with Crippen molar-refractivity contribution in [3.05, 3.63) is 53.2 Å². The van der Waals surface area contributed by atoms with E-state index in [1.54, 1.807) is 6.07 Å². The summed E-state index contributed by atoms with van der Waals surface area (Å²) in [7, 11) is 0. The smallest absolute Gasteiger partial charge is 0.297 e. The fraction of sp³-hybridized carbons (Fsp3) is 0.143. The molecule has 0 aliphatic carbocycles. The van der Waals surface area contributed by atoms with Crippen molar-refractivity contribution in [2.45, 2.75) is 6.04 Å². The lowest BCUT2D eigenvalue weighted by Crippen LogP contribution is -2.14. The number of imidazole rings is 1. The molecule has 0 aliphatic rings. The average Bonchev–Trinajstić information content (AvgIpc) is 2.77. The minimum absolute atomic E-state index is 0.171. The zero-order valence-electron chi connectivity index (χ0n) is 10.4. The molecule has 3 aromatic rings. The second-order valence-corrected chi connectivity index (χ2v) is 4.82. The van der Waals surface area contributed by atoms with E-state index in [0.29, 0.717) is 16.2 Å². The van der Waals surface area contributed by atoms with Gasteiger partial charge in [-0.3, -0.25) is 4.57 Å². The first-order chi connectivity index (χ1) is 9.70. The van der Waals surface area contributed by atoms with Gasteiger partial charge in [-0.05, 0) is 11.6 Å². The van der Waals surface area contributed by atoms with Gasteiger partial charge in [-0.1, -0.05) is 41.9 Å². The summed E-state index contributed by atoms with van der Waals surface area (Å²) in [6, 6.07) is 10.4. The summed E-state index contributed by atoms with van der Waals surface area (Å²) >= 11 is 5.95. The molecule has 2 aromatic heterocycles. The molecule has 0 saturated heterocycles. The molecule has 1 aromatic carbocycles. The van der Waals surface area contributed by atoms with Crippen molar-refractivity contribution in [2.24, 2.45) is 0 Å². The van der Waals surface area contributed by atoms with Gasteiger partial charge >= 0.3 is 0 Å². The van der Waals surface area contributed by atoms with E-state index >= 15 is 0 Å². The molecule has 0 aliphatic heterocycles. The third-order valence-corrected chi connectivity index (χ3v) is 3.37. The van der Waals surface area contributed by atoms with Gasteiger partial charge in [-0.15, -0.1) is 0 Å². The second-order valence-electron chi connectivity index (χ2n) is 4.39. The third kappa shape index (κ3) is 2.11. The summed E-state index contributed by atoms with van der Waals surface area (Å²) < 4.78 is 1.53. The molecule has 0 amide bonds. The molecule has 0 unspecified atom stereocenters. The van der Waals surface area contributed by atoms with Gasteiger partial charge in [0.25, 0.3) is 6.01 Å². The van der Waals surface area contributed by atoms with E-state index in [2.05, 4.69) is 9.97 Å². The van der Waals surface area contributed by atoms with E-state index in [0.717, 1.165) is 5.56 Å². The third-order valence-electron chi connectivity index (χ3n) is 3.16. The van der Waals surface area contributed by atoms with Crippen molar-refractivity contribution >= 4 is 22.8 Å². The molecule has 5 nitrogen and oxygen atoms in total. The molecular weight excluding hydrogens is 278 g/mol. The fourth-order valence-electron chi connectivity index (χ4n) is 2.26. The van der Waals surface area contributed by atoms with Crippen LogP contribution in [0.1, 0.15) is 11.6 Å². The molecule has 102 valence electrons. The summed E-state index contributed by atoms with van der Waals surface area (Å²) in [5, 5.41) is 20.2. The number of aromatic hydroxyl groups is 1. The highest BCUT2D eigenvalue weighted by atomic mass is 35.5. The Morgan fingerprint density at radius 3 is 2.70 bits per heavy atom. The lowest BCUT2D eigenvalue weighted by molar-refractivity contribution is 0.241. The largest absolute Gasteiger partial charge is 0.480 e. The summed E-state index contributed by atoms with van der Waals surface area (Å²) in [4.78, 5) is 8.05. The zero-order chi connectivity index (χ0) is 14.1. The molecule has 0 fully saturated rings. The Labute approximate surface area is 120 Å². The number of hydrogen-bond donors (Lipinski definition) is 2. The quantitative estimate of drug-likeness (QED) is 0.776. The van der Waals surface area contributed by atoms with E-state index < -0.39 is 6.04 Å². The first-order valence-corrected chi connectivity index (χ1v) is 6.46.